The van der Waals surface area contributed by atoms with Crippen LogP contribution >= 0.6 is 255 Å². The summed E-state index contributed by atoms with van der Waals surface area (Å²) < 4.78 is 4.40. The Kier molecular flexibility index (Phi) is 346. The zero-order valence-corrected chi connectivity index (χ0v) is 36.7. The SMILES string of the molecule is CCOC(C)=O.ClCCl.ClCCl.ClCCl.ClCCl.ClCCl.ClCCl.ClCCl.ClCCl.ClCCl.ClCCl.ClCCl. The largest absolute Gasteiger partial charge is 0.466 e. The molecule has 0 rings (SSSR count). The lowest BCUT2D eigenvalue weighted by atomic mass is 10.8. The molecule has 24 heteroatoms. The quantitative estimate of drug-likeness (QED) is 0.193. The molecule has 0 heterocycles. The number of carbonyl (C=O) groups is 1. The van der Waals surface area contributed by atoms with E-state index in [4.69, 9.17) is 255 Å². The van der Waals surface area contributed by atoms with E-state index in [9.17, 15) is 4.79 Å². The molecule has 0 fully saturated rings. The molecule has 0 saturated heterocycles. The number of carbonyl (C=O) groups excluding carboxylic acids is 1. The summed E-state index contributed by atoms with van der Waals surface area (Å²) in [5, 5.41) is 2.14. The van der Waals surface area contributed by atoms with Crippen molar-refractivity contribution in [2.45, 2.75) is 13.8 Å². The molecule has 0 aromatic rings. The average Bonchev–Trinajstić information content (AvgIpc) is 2.80. The molecule has 0 bridgehead atoms. The summed E-state index contributed by atoms with van der Waals surface area (Å²) in [5.41, 5.74) is 0. The highest BCUT2D eigenvalue weighted by atomic mass is 35.6. The molecule has 0 amide bonds. The van der Waals surface area contributed by atoms with Crippen LogP contribution in [0, 0.1) is 0 Å². The van der Waals surface area contributed by atoms with E-state index in [1.165, 1.54) is 6.92 Å². The second-order valence-electron chi connectivity index (χ2n) is 2.04. The van der Waals surface area contributed by atoms with Crippen molar-refractivity contribution in [1.82, 2.24) is 0 Å². The highest BCUT2D eigenvalue weighted by Gasteiger charge is 1.81. The molecular weight excluding hydrogens is 992 g/mol. The van der Waals surface area contributed by atoms with E-state index in [0.29, 0.717) is 6.61 Å². The molecule has 0 saturated carbocycles. The van der Waals surface area contributed by atoms with Gasteiger partial charge < -0.3 is 4.74 Å². The fraction of sp³-hybridized carbons (Fsp3) is 0.933. The third-order valence-corrected chi connectivity index (χ3v) is 0.348. The van der Waals surface area contributed by atoms with Crippen molar-refractivity contribution in [3.63, 3.8) is 0 Å². The Bertz CT molecular complexity index is 167. The highest BCUT2D eigenvalue weighted by molar-refractivity contribution is 6.43. The van der Waals surface area contributed by atoms with Crippen molar-refractivity contribution >= 4 is 261 Å². The van der Waals surface area contributed by atoms with Crippen LogP contribution in [0.3, 0.4) is 0 Å². The number of alkyl halides is 22. The minimum Gasteiger partial charge on any atom is -0.466 e. The fourth-order valence-electron chi connectivity index (χ4n) is 0.203. The van der Waals surface area contributed by atoms with Gasteiger partial charge in [0, 0.05) is 6.92 Å². The monoisotopic (exact) mass is 1010 g/mol. The molecule has 0 aliphatic carbocycles. The summed E-state index contributed by atoms with van der Waals surface area (Å²) in [6.07, 6.45) is 0. The molecular formula is C15H30Cl22O2. The van der Waals surface area contributed by atoms with Crippen LogP contribution in [0.1, 0.15) is 13.8 Å². The second kappa shape index (κ2) is 169. The summed E-state index contributed by atoms with van der Waals surface area (Å²) in [5.74, 6) is -0.211. The topological polar surface area (TPSA) is 26.3 Å². The Labute approximate surface area is 345 Å². The summed E-state index contributed by atoms with van der Waals surface area (Å²) in [4.78, 5) is 9.82. The second-order valence-corrected chi connectivity index (χ2v) is 10.9. The van der Waals surface area contributed by atoms with Crippen LogP contribution in [0.2, 0.25) is 0 Å². The summed E-state index contributed by atoms with van der Waals surface area (Å²) in [7, 11) is 0. The van der Waals surface area contributed by atoms with E-state index in [2.05, 4.69) is 4.74 Å². The fourth-order valence-corrected chi connectivity index (χ4v) is 0.203. The number of hydrogen-bond acceptors (Lipinski definition) is 2. The van der Waals surface area contributed by atoms with Crippen LogP contribution < -0.4 is 0 Å². The van der Waals surface area contributed by atoms with Gasteiger partial charge in [0.1, 0.15) is 0 Å². The first-order valence-electron chi connectivity index (χ1n) is 7.78. The van der Waals surface area contributed by atoms with Crippen LogP contribution in [0.4, 0.5) is 0 Å². The Morgan fingerprint density at radius 1 is 0.359 bits per heavy atom. The van der Waals surface area contributed by atoms with E-state index in [0.717, 1.165) is 0 Å². The van der Waals surface area contributed by atoms with Crippen molar-refractivity contribution in [2.75, 3.05) is 65.3 Å². The van der Waals surface area contributed by atoms with Crippen molar-refractivity contribution in [2.24, 2.45) is 0 Å². The van der Waals surface area contributed by atoms with Crippen LogP contribution in [-0.4, -0.2) is 71.3 Å². The first kappa shape index (κ1) is 79.9. The van der Waals surface area contributed by atoms with Gasteiger partial charge in [-0.15, -0.1) is 255 Å². The number of halogens is 22. The average molecular weight is 1020 g/mol. The van der Waals surface area contributed by atoms with Gasteiger partial charge in [-0.3, -0.25) is 4.79 Å². The van der Waals surface area contributed by atoms with E-state index in [1.807, 2.05) is 0 Å². The van der Waals surface area contributed by atoms with Crippen molar-refractivity contribution in [1.29, 1.82) is 0 Å². The molecule has 2 nitrogen and oxygen atoms in total. The maximum atomic E-state index is 9.82. The molecule has 0 aliphatic heterocycles. The molecule has 0 aromatic carbocycles. The molecule has 0 radical (unpaired) electrons. The van der Waals surface area contributed by atoms with Gasteiger partial charge in [0.2, 0.25) is 0 Å². The predicted molar refractivity (Wildman–Crippen MR) is 205 cm³/mol. The lowest BCUT2D eigenvalue weighted by Crippen LogP contribution is -1.95. The molecule has 0 N–H and O–H groups in total. The minimum atomic E-state index is -0.211. The van der Waals surface area contributed by atoms with Gasteiger partial charge in [-0.05, 0) is 6.92 Å². The molecule has 0 atom stereocenters. The third-order valence-electron chi connectivity index (χ3n) is 0.348. The first-order chi connectivity index (χ1) is 18.3. The molecule has 0 unspecified atom stereocenters. The zero-order chi connectivity index (χ0) is 34.8. The maximum absolute atomic E-state index is 9.82. The first-order valence-corrected chi connectivity index (χ1v) is 19.5. The van der Waals surface area contributed by atoms with Crippen LogP contribution in [0.5, 0.6) is 0 Å². The Morgan fingerprint density at radius 2 is 0.436 bits per heavy atom. The number of esters is 1. The third kappa shape index (κ3) is 981. The van der Waals surface area contributed by atoms with E-state index < -0.39 is 0 Å². The number of ether oxygens (including phenoxy) is 1. The lowest BCUT2D eigenvalue weighted by Gasteiger charge is -1.89. The Hall–Kier alpha value is 5.85. The van der Waals surface area contributed by atoms with Gasteiger partial charge in [-0.2, -0.15) is 0 Å². The van der Waals surface area contributed by atoms with Gasteiger partial charge in [-0.1, -0.05) is 0 Å². The zero-order valence-electron chi connectivity index (χ0n) is 20.1. The van der Waals surface area contributed by atoms with E-state index in [1.54, 1.807) is 6.92 Å². The van der Waals surface area contributed by atoms with Gasteiger partial charge in [-0.25, -0.2) is 0 Å². The van der Waals surface area contributed by atoms with Crippen molar-refractivity contribution in [3.05, 3.63) is 0 Å². The summed E-state index contributed by atoms with van der Waals surface area (Å²) in [6, 6.07) is 0. The normalized spacial score (nSPS) is 6.26. The molecule has 256 valence electrons. The minimum absolute atomic E-state index is 0.194. The van der Waals surface area contributed by atoms with Crippen molar-refractivity contribution < 1.29 is 9.53 Å². The predicted octanol–water partition coefficient (Wildman–Crippen LogP) is 16.2. The Morgan fingerprint density at radius 3 is 0.436 bits per heavy atom. The van der Waals surface area contributed by atoms with Gasteiger partial charge in [0.05, 0.1) is 65.3 Å². The molecule has 0 spiro atoms. The van der Waals surface area contributed by atoms with Crippen LogP contribution in [-0.2, 0) is 9.53 Å². The highest BCUT2D eigenvalue weighted by Crippen LogP contribution is 1.76. The smallest absolute Gasteiger partial charge is 0.302 e. The number of hydrogen-bond donors (Lipinski definition) is 0. The van der Waals surface area contributed by atoms with Crippen LogP contribution in [0.25, 0.3) is 0 Å². The van der Waals surface area contributed by atoms with Gasteiger partial charge in [0.25, 0.3) is 0 Å². The molecule has 39 heavy (non-hydrogen) atoms. The van der Waals surface area contributed by atoms with Gasteiger partial charge in [0.15, 0.2) is 0 Å². The summed E-state index contributed by atoms with van der Waals surface area (Å²) >= 11 is 105. The van der Waals surface area contributed by atoms with Gasteiger partial charge >= 0.3 is 5.97 Å². The Balaban J connectivity index is -0.0000000206. The van der Waals surface area contributed by atoms with Crippen LogP contribution in [0.15, 0.2) is 0 Å². The summed E-state index contributed by atoms with van der Waals surface area (Å²) in [6.45, 7) is 3.65. The van der Waals surface area contributed by atoms with E-state index >= 15 is 0 Å². The lowest BCUT2D eigenvalue weighted by molar-refractivity contribution is -0.140. The standard InChI is InChI=1S/C4H8O2.11CH2Cl2/c1-3-6-4(2)5;11*2-1-3/h3H2,1-2H3;11*1H2. The molecule has 0 aromatic heterocycles. The van der Waals surface area contributed by atoms with E-state index in [-0.39, 0.29) is 64.7 Å². The van der Waals surface area contributed by atoms with Crippen molar-refractivity contribution in [3.8, 4) is 0 Å². The molecule has 0 aliphatic rings. The maximum Gasteiger partial charge on any atom is 0.302 e. The number of rotatable bonds is 1.